The third-order valence-corrected chi connectivity index (χ3v) is 4.22. The average molecular weight is 423 g/mol. The molecule has 30 heavy (non-hydrogen) atoms. The summed E-state index contributed by atoms with van der Waals surface area (Å²) < 4.78 is 45.3. The van der Waals surface area contributed by atoms with E-state index in [0.29, 0.717) is 0 Å². The van der Waals surface area contributed by atoms with Crippen LogP contribution in [-0.2, 0) is 19.8 Å². The van der Waals surface area contributed by atoms with Crippen molar-refractivity contribution in [3.63, 3.8) is 0 Å². The molecule has 0 aliphatic heterocycles. The molecule has 0 unspecified atom stereocenters. The molecular formula is C18H16F3N5O4. The summed E-state index contributed by atoms with van der Waals surface area (Å²) in [5, 5.41) is 15.8. The predicted molar refractivity (Wildman–Crippen MR) is 99.2 cm³/mol. The van der Waals surface area contributed by atoms with Gasteiger partial charge in [0.1, 0.15) is 12.0 Å². The Labute approximate surface area is 167 Å². The van der Waals surface area contributed by atoms with Gasteiger partial charge in [0.15, 0.2) is 5.69 Å². The molecule has 0 saturated heterocycles. The van der Waals surface area contributed by atoms with Gasteiger partial charge in [-0.1, -0.05) is 23.4 Å². The monoisotopic (exact) mass is 423 g/mol. The minimum atomic E-state index is -4.56. The van der Waals surface area contributed by atoms with E-state index in [0.717, 1.165) is 16.9 Å². The Morgan fingerprint density at radius 1 is 1.33 bits per heavy atom. The number of carbonyl (C=O) groups is 1. The SMILES string of the molecule is CN(Cc1ccccc1C(F)(F)F)c1nc(C(=O)Nc2cnoc2)c(O)c(=O)n1C. The third-order valence-electron chi connectivity index (χ3n) is 4.22. The molecule has 3 rings (SSSR count). The average Bonchev–Trinajstić information content (AvgIpc) is 3.18. The molecule has 0 bridgehead atoms. The fourth-order valence-electron chi connectivity index (χ4n) is 2.80. The van der Waals surface area contributed by atoms with Gasteiger partial charge in [-0.25, -0.2) is 4.98 Å². The molecule has 0 spiro atoms. The highest BCUT2D eigenvalue weighted by Crippen LogP contribution is 2.32. The van der Waals surface area contributed by atoms with Crippen molar-refractivity contribution in [1.29, 1.82) is 0 Å². The van der Waals surface area contributed by atoms with E-state index in [2.05, 4.69) is 20.0 Å². The van der Waals surface area contributed by atoms with Crippen LogP contribution >= 0.6 is 0 Å². The molecule has 0 aliphatic carbocycles. The van der Waals surface area contributed by atoms with Gasteiger partial charge in [0, 0.05) is 20.6 Å². The summed E-state index contributed by atoms with van der Waals surface area (Å²) in [5.41, 5.74) is -2.25. The quantitative estimate of drug-likeness (QED) is 0.648. The molecule has 0 aliphatic rings. The maximum absolute atomic E-state index is 13.3. The Morgan fingerprint density at radius 2 is 2.03 bits per heavy atom. The number of nitrogens with one attached hydrogen (secondary N) is 1. The largest absolute Gasteiger partial charge is 0.501 e. The number of amides is 1. The van der Waals surface area contributed by atoms with Gasteiger partial charge in [-0.3, -0.25) is 14.2 Å². The molecule has 1 aromatic carbocycles. The maximum Gasteiger partial charge on any atom is 0.416 e. The summed E-state index contributed by atoms with van der Waals surface area (Å²) in [7, 11) is 2.69. The van der Waals surface area contributed by atoms with E-state index in [1.54, 1.807) is 0 Å². The summed E-state index contributed by atoms with van der Waals surface area (Å²) in [5.74, 6) is -1.94. The number of aromatic hydroxyl groups is 1. The molecular weight excluding hydrogens is 407 g/mol. The second kappa shape index (κ2) is 7.89. The van der Waals surface area contributed by atoms with Gasteiger partial charge in [0.2, 0.25) is 11.7 Å². The second-order valence-corrected chi connectivity index (χ2v) is 6.35. The highest BCUT2D eigenvalue weighted by Gasteiger charge is 2.33. The fraction of sp³-hybridized carbons (Fsp3) is 0.222. The minimum absolute atomic E-state index is 0.0507. The molecule has 12 heteroatoms. The molecule has 2 N–H and O–H groups in total. The predicted octanol–water partition coefficient (Wildman–Crippen LogP) is 2.38. The van der Waals surface area contributed by atoms with Gasteiger partial charge in [0.25, 0.3) is 11.5 Å². The Balaban J connectivity index is 1.97. The lowest BCUT2D eigenvalue weighted by atomic mass is 10.1. The molecule has 3 aromatic rings. The van der Waals surface area contributed by atoms with Crippen molar-refractivity contribution in [2.24, 2.45) is 7.05 Å². The lowest BCUT2D eigenvalue weighted by Crippen LogP contribution is -2.31. The van der Waals surface area contributed by atoms with Gasteiger partial charge < -0.3 is 19.8 Å². The molecule has 0 fully saturated rings. The first kappa shape index (κ1) is 20.9. The standard InChI is InChI=1S/C18H16F3N5O4/c1-25(8-10-5-3-4-6-12(10)18(19,20)21)17-24-13(14(27)16(29)26(17)2)15(28)23-11-7-22-30-9-11/h3-7,9,27H,8H2,1-2H3,(H,23,28). The number of hydrogen-bond donors (Lipinski definition) is 2. The zero-order valence-corrected chi connectivity index (χ0v) is 15.8. The first-order valence-electron chi connectivity index (χ1n) is 8.46. The summed E-state index contributed by atoms with van der Waals surface area (Å²) in [4.78, 5) is 30.0. The van der Waals surface area contributed by atoms with Crippen LogP contribution in [0, 0.1) is 0 Å². The van der Waals surface area contributed by atoms with Crippen molar-refractivity contribution >= 4 is 17.5 Å². The van der Waals surface area contributed by atoms with E-state index in [-0.39, 0.29) is 23.7 Å². The van der Waals surface area contributed by atoms with E-state index in [9.17, 15) is 27.9 Å². The first-order chi connectivity index (χ1) is 14.1. The summed E-state index contributed by atoms with van der Waals surface area (Å²) in [6, 6.07) is 4.98. The van der Waals surface area contributed by atoms with Crippen molar-refractivity contribution in [2.75, 3.05) is 17.3 Å². The number of halogens is 3. The molecule has 1 amide bonds. The van der Waals surface area contributed by atoms with Gasteiger partial charge >= 0.3 is 6.18 Å². The molecule has 0 radical (unpaired) electrons. The number of anilines is 2. The van der Waals surface area contributed by atoms with E-state index in [1.807, 2.05) is 0 Å². The third kappa shape index (κ3) is 4.11. The molecule has 158 valence electrons. The molecule has 0 saturated carbocycles. The van der Waals surface area contributed by atoms with Gasteiger partial charge in [0.05, 0.1) is 11.8 Å². The van der Waals surface area contributed by atoms with E-state index >= 15 is 0 Å². The number of benzene rings is 1. The Morgan fingerprint density at radius 3 is 2.67 bits per heavy atom. The highest BCUT2D eigenvalue weighted by atomic mass is 19.4. The molecule has 2 heterocycles. The van der Waals surface area contributed by atoms with Crippen LogP contribution in [0.5, 0.6) is 5.75 Å². The Hall–Kier alpha value is -3.83. The minimum Gasteiger partial charge on any atom is -0.501 e. The van der Waals surface area contributed by atoms with Crippen LogP contribution in [0.1, 0.15) is 21.6 Å². The fourth-order valence-corrected chi connectivity index (χ4v) is 2.80. The van der Waals surface area contributed by atoms with Crippen LogP contribution in [0.2, 0.25) is 0 Å². The Bertz CT molecular complexity index is 1130. The lowest BCUT2D eigenvalue weighted by molar-refractivity contribution is -0.138. The smallest absolute Gasteiger partial charge is 0.416 e. The van der Waals surface area contributed by atoms with Gasteiger partial charge in [-0.15, -0.1) is 0 Å². The summed E-state index contributed by atoms with van der Waals surface area (Å²) in [6.07, 6.45) is -2.25. The number of hydrogen-bond acceptors (Lipinski definition) is 7. The number of alkyl halides is 3. The van der Waals surface area contributed by atoms with Crippen LogP contribution in [0.15, 0.2) is 46.0 Å². The van der Waals surface area contributed by atoms with Crippen molar-refractivity contribution < 1.29 is 27.6 Å². The summed E-state index contributed by atoms with van der Waals surface area (Å²) >= 11 is 0. The van der Waals surface area contributed by atoms with E-state index in [4.69, 9.17) is 0 Å². The maximum atomic E-state index is 13.3. The molecule has 2 aromatic heterocycles. The zero-order chi connectivity index (χ0) is 22.1. The van der Waals surface area contributed by atoms with Crippen LogP contribution in [0.3, 0.4) is 0 Å². The van der Waals surface area contributed by atoms with Crippen molar-refractivity contribution in [1.82, 2.24) is 14.7 Å². The topological polar surface area (TPSA) is 113 Å². The second-order valence-electron chi connectivity index (χ2n) is 6.35. The van der Waals surface area contributed by atoms with Crippen molar-refractivity contribution in [3.05, 3.63) is 63.9 Å². The lowest BCUT2D eigenvalue weighted by Gasteiger charge is -2.23. The van der Waals surface area contributed by atoms with Crippen molar-refractivity contribution in [2.45, 2.75) is 12.7 Å². The Kier molecular flexibility index (Phi) is 5.49. The highest BCUT2D eigenvalue weighted by molar-refractivity contribution is 6.04. The van der Waals surface area contributed by atoms with Crippen LogP contribution in [0.25, 0.3) is 0 Å². The van der Waals surface area contributed by atoms with E-state index < -0.39 is 34.6 Å². The number of rotatable bonds is 5. The normalized spacial score (nSPS) is 11.4. The molecule has 9 nitrogen and oxygen atoms in total. The number of nitrogens with zero attached hydrogens (tertiary/aromatic N) is 4. The number of carbonyl (C=O) groups excluding carboxylic acids is 1. The van der Waals surface area contributed by atoms with E-state index in [1.165, 1.54) is 43.4 Å². The van der Waals surface area contributed by atoms with Crippen LogP contribution in [-0.4, -0.2) is 32.8 Å². The van der Waals surface area contributed by atoms with Crippen molar-refractivity contribution in [3.8, 4) is 5.75 Å². The number of aromatic nitrogens is 3. The first-order valence-corrected chi connectivity index (χ1v) is 8.46. The van der Waals surface area contributed by atoms with Gasteiger partial charge in [-0.2, -0.15) is 13.2 Å². The molecule has 0 atom stereocenters. The summed E-state index contributed by atoms with van der Waals surface area (Å²) in [6.45, 7) is -0.256. The van der Waals surface area contributed by atoms with Crippen LogP contribution in [0.4, 0.5) is 24.8 Å². The van der Waals surface area contributed by atoms with Crippen LogP contribution < -0.4 is 15.8 Å². The zero-order valence-electron chi connectivity index (χ0n) is 15.8. The van der Waals surface area contributed by atoms with Gasteiger partial charge in [-0.05, 0) is 11.6 Å².